The second-order valence-electron chi connectivity index (χ2n) is 4.44. The van der Waals surface area contributed by atoms with Crippen molar-refractivity contribution in [3.8, 4) is 5.69 Å². The lowest BCUT2D eigenvalue weighted by atomic mass is 10.1. The Morgan fingerprint density at radius 1 is 1.00 bits per heavy atom. The first kappa shape index (κ1) is 12.9. The lowest BCUT2D eigenvalue weighted by Gasteiger charge is -2.10. The van der Waals surface area contributed by atoms with Gasteiger partial charge in [0.05, 0.1) is 16.6 Å². The molecule has 3 rings (SSSR count). The number of fused-ring (bicyclic) bond motifs is 1. The topological polar surface area (TPSA) is 92.2 Å². The number of carboxylic acids is 1. The van der Waals surface area contributed by atoms with E-state index in [2.05, 4.69) is 4.98 Å². The Morgan fingerprint density at radius 3 is 2.38 bits per heavy atom. The maximum Gasteiger partial charge on any atom is 0.337 e. The van der Waals surface area contributed by atoms with E-state index >= 15 is 0 Å². The summed E-state index contributed by atoms with van der Waals surface area (Å²) in [6.45, 7) is 0. The Morgan fingerprint density at radius 2 is 1.71 bits per heavy atom. The molecule has 0 amide bonds. The van der Waals surface area contributed by atoms with E-state index in [9.17, 15) is 19.5 Å². The van der Waals surface area contributed by atoms with Crippen molar-refractivity contribution in [3.63, 3.8) is 0 Å². The van der Waals surface area contributed by atoms with Gasteiger partial charge in [-0.2, -0.15) is 0 Å². The van der Waals surface area contributed by atoms with Crippen LogP contribution in [-0.2, 0) is 0 Å². The van der Waals surface area contributed by atoms with Crippen molar-refractivity contribution in [2.24, 2.45) is 0 Å². The molecule has 0 fully saturated rings. The lowest BCUT2D eigenvalue weighted by Crippen LogP contribution is -2.35. The second kappa shape index (κ2) is 4.75. The Bertz CT molecular complexity index is 955. The zero-order valence-electron chi connectivity index (χ0n) is 10.7. The molecule has 6 heteroatoms. The van der Waals surface area contributed by atoms with Gasteiger partial charge in [-0.1, -0.05) is 24.3 Å². The van der Waals surface area contributed by atoms with Crippen molar-refractivity contribution in [2.75, 3.05) is 0 Å². The standard InChI is InChI=1S/C15H10N2O4/c18-13-14(19)17(9-5-2-1-3-6-9)11-8-4-7-10(15(20)21)12(11)16-13/h1-8H,(H,16,18)(H,20,21). The molecule has 0 radical (unpaired) electrons. The summed E-state index contributed by atoms with van der Waals surface area (Å²) in [4.78, 5) is 37.6. The highest BCUT2D eigenvalue weighted by Gasteiger charge is 2.14. The molecule has 3 aromatic rings. The Balaban J connectivity index is 2.53. The molecule has 6 nitrogen and oxygen atoms in total. The molecular weight excluding hydrogens is 272 g/mol. The summed E-state index contributed by atoms with van der Waals surface area (Å²) in [5.41, 5.74) is -0.712. The number of hydrogen-bond donors (Lipinski definition) is 2. The number of hydrogen-bond acceptors (Lipinski definition) is 3. The Hall–Kier alpha value is -3.15. The van der Waals surface area contributed by atoms with E-state index in [0.29, 0.717) is 11.2 Å². The van der Waals surface area contributed by atoms with Gasteiger partial charge < -0.3 is 10.1 Å². The Labute approximate surface area is 117 Å². The molecule has 0 spiro atoms. The summed E-state index contributed by atoms with van der Waals surface area (Å²) in [5.74, 6) is -1.17. The first-order valence-corrected chi connectivity index (χ1v) is 6.16. The quantitative estimate of drug-likeness (QED) is 0.694. The number of aromatic nitrogens is 2. The molecule has 2 aromatic carbocycles. The number of para-hydroxylation sites is 2. The molecule has 0 aliphatic carbocycles. The van der Waals surface area contributed by atoms with E-state index in [1.807, 2.05) is 0 Å². The summed E-state index contributed by atoms with van der Waals surface area (Å²) < 4.78 is 1.21. The number of carbonyl (C=O) groups is 1. The summed E-state index contributed by atoms with van der Waals surface area (Å²) in [6, 6.07) is 13.1. The van der Waals surface area contributed by atoms with Crippen molar-refractivity contribution in [3.05, 3.63) is 74.8 Å². The van der Waals surface area contributed by atoms with Crippen LogP contribution in [0.25, 0.3) is 16.7 Å². The normalized spacial score (nSPS) is 10.7. The van der Waals surface area contributed by atoms with Crippen molar-refractivity contribution in [2.45, 2.75) is 0 Å². The van der Waals surface area contributed by atoms with E-state index in [1.54, 1.807) is 36.4 Å². The third kappa shape index (κ3) is 2.02. The summed E-state index contributed by atoms with van der Waals surface area (Å²) in [5, 5.41) is 9.20. The predicted octanol–water partition coefficient (Wildman–Crippen LogP) is 1.38. The van der Waals surface area contributed by atoms with E-state index in [-0.39, 0.29) is 11.1 Å². The average Bonchev–Trinajstić information content (AvgIpc) is 2.49. The predicted molar refractivity (Wildman–Crippen MR) is 77.1 cm³/mol. The van der Waals surface area contributed by atoms with Gasteiger partial charge in [-0.05, 0) is 24.3 Å². The van der Waals surface area contributed by atoms with Crippen LogP contribution in [0.3, 0.4) is 0 Å². The molecule has 0 atom stereocenters. The average molecular weight is 282 g/mol. The first-order chi connectivity index (χ1) is 10.1. The highest BCUT2D eigenvalue weighted by molar-refractivity contribution is 6.00. The summed E-state index contributed by atoms with van der Waals surface area (Å²) in [7, 11) is 0. The van der Waals surface area contributed by atoms with Crippen LogP contribution in [0.1, 0.15) is 10.4 Å². The number of aromatic carboxylic acids is 1. The van der Waals surface area contributed by atoms with E-state index in [1.165, 1.54) is 16.7 Å². The largest absolute Gasteiger partial charge is 0.478 e. The van der Waals surface area contributed by atoms with Gasteiger partial charge in [0.1, 0.15) is 0 Å². The molecule has 0 unspecified atom stereocenters. The summed E-state index contributed by atoms with van der Waals surface area (Å²) >= 11 is 0. The van der Waals surface area contributed by atoms with Gasteiger partial charge in [-0.15, -0.1) is 0 Å². The maximum absolute atomic E-state index is 12.1. The van der Waals surface area contributed by atoms with Crippen LogP contribution in [0, 0.1) is 0 Å². The molecule has 0 saturated carbocycles. The van der Waals surface area contributed by atoms with Crippen LogP contribution >= 0.6 is 0 Å². The van der Waals surface area contributed by atoms with Gasteiger partial charge in [0, 0.05) is 5.69 Å². The van der Waals surface area contributed by atoms with Gasteiger partial charge in [0.25, 0.3) is 0 Å². The van der Waals surface area contributed by atoms with Crippen molar-refractivity contribution in [1.82, 2.24) is 9.55 Å². The molecule has 0 aliphatic rings. The minimum atomic E-state index is -1.17. The van der Waals surface area contributed by atoms with E-state index < -0.39 is 17.1 Å². The minimum Gasteiger partial charge on any atom is -0.478 e. The molecule has 21 heavy (non-hydrogen) atoms. The number of benzene rings is 2. The first-order valence-electron chi connectivity index (χ1n) is 6.16. The van der Waals surface area contributed by atoms with Crippen molar-refractivity contribution in [1.29, 1.82) is 0 Å². The molecule has 1 heterocycles. The molecule has 0 bridgehead atoms. The van der Waals surface area contributed by atoms with Gasteiger partial charge >= 0.3 is 17.1 Å². The van der Waals surface area contributed by atoms with Crippen LogP contribution in [0.4, 0.5) is 0 Å². The van der Waals surface area contributed by atoms with Gasteiger partial charge in [0.15, 0.2) is 0 Å². The molecular formula is C15H10N2O4. The number of H-pyrrole nitrogens is 1. The SMILES string of the molecule is O=C(O)c1cccc2c1[nH]c(=O)c(=O)n2-c1ccccc1. The molecule has 0 saturated heterocycles. The number of carboxylic acid groups (broad SMARTS) is 1. The van der Waals surface area contributed by atoms with Crippen LogP contribution in [0.15, 0.2) is 58.1 Å². The van der Waals surface area contributed by atoms with Crippen LogP contribution in [0.5, 0.6) is 0 Å². The fraction of sp³-hybridized carbons (Fsp3) is 0. The fourth-order valence-electron chi connectivity index (χ4n) is 2.25. The highest BCUT2D eigenvalue weighted by atomic mass is 16.4. The van der Waals surface area contributed by atoms with Crippen LogP contribution in [0.2, 0.25) is 0 Å². The maximum atomic E-state index is 12.1. The van der Waals surface area contributed by atoms with Gasteiger partial charge in [-0.3, -0.25) is 14.2 Å². The van der Waals surface area contributed by atoms with E-state index in [0.717, 1.165) is 0 Å². The van der Waals surface area contributed by atoms with E-state index in [4.69, 9.17) is 0 Å². The Kier molecular flexibility index (Phi) is 2.91. The zero-order valence-corrected chi connectivity index (χ0v) is 10.7. The monoisotopic (exact) mass is 282 g/mol. The van der Waals surface area contributed by atoms with Crippen LogP contribution in [-0.4, -0.2) is 20.6 Å². The number of nitrogens with zero attached hydrogens (tertiary/aromatic N) is 1. The molecule has 104 valence electrons. The number of rotatable bonds is 2. The zero-order chi connectivity index (χ0) is 15.0. The second-order valence-corrected chi connectivity index (χ2v) is 4.44. The van der Waals surface area contributed by atoms with Crippen molar-refractivity contribution >= 4 is 17.0 Å². The number of nitrogens with one attached hydrogen (secondary N) is 1. The van der Waals surface area contributed by atoms with Gasteiger partial charge in [0.2, 0.25) is 0 Å². The smallest absolute Gasteiger partial charge is 0.337 e. The third-order valence-electron chi connectivity index (χ3n) is 3.16. The molecule has 1 aromatic heterocycles. The number of aromatic amines is 1. The minimum absolute atomic E-state index is 0.0609. The van der Waals surface area contributed by atoms with Crippen molar-refractivity contribution < 1.29 is 9.90 Å². The fourth-order valence-corrected chi connectivity index (χ4v) is 2.25. The third-order valence-corrected chi connectivity index (χ3v) is 3.16. The summed E-state index contributed by atoms with van der Waals surface area (Å²) in [6.07, 6.45) is 0. The lowest BCUT2D eigenvalue weighted by molar-refractivity contribution is 0.0699. The molecule has 0 aliphatic heterocycles. The highest BCUT2D eigenvalue weighted by Crippen LogP contribution is 2.17. The van der Waals surface area contributed by atoms with Crippen LogP contribution < -0.4 is 11.1 Å². The molecule has 2 N–H and O–H groups in total. The van der Waals surface area contributed by atoms with Gasteiger partial charge in [-0.25, -0.2) is 4.79 Å².